The SMILES string of the molecule is COC1(CNC(=O)c2cnc3c(c2)ncn3-c2ccccc2)CCNCC1. The van der Waals surface area contributed by atoms with Crippen molar-refractivity contribution in [2.75, 3.05) is 26.7 Å². The third-order valence-electron chi connectivity index (χ3n) is 5.20. The fourth-order valence-corrected chi connectivity index (χ4v) is 3.48. The molecule has 3 heterocycles. The van der Waals surface area contributed by atoms with Crippen LogP contribution in [0.4, 0.5) is 0 Å². The minimum atomic E-state index is -0.298. The lowest BCUT2D eigenvalue weighted by Gasteiger charge is -2.36. The lowest BCUT2D eigenvalue weighted by molar-refractivity contribution is -0.0312. The Balaban J connectivity index is 1.51. The highest BCUT2D eigenvalue weighted by molar-refractivity contribution is 5.96. The van der Waals surface area contributed by atoms with Gasteiger partial charge in [-0.15, -0.1) is 0 Å². The van der Waals surface area contributed by atoms with Gasteiger partial charge < -0.3 is 15.4 Å². The summed E-state index contributed by atoms with van der Waals surface area (Å²) >= 11 is 0. The van der Waals surface area contributed by atoms with Gasteiger partial charge in [-0.25, -0.2) is 9.97 Å². The summed E-state index contributed by atoms with van der Waals surface area (Å²) in [7, 11) is 1.71. The molecule has 1 amide bonds. The van der Waals surface area contributed by atoms with Gasteiger partial charge >= 0.3 is 0 Å². The average Bonchev–Trinajstić information content (AvgIpc) is 3.16. The summed E-state index contributed by atoms with van der Waals surface area (Å²) in [6.45, 7) is 2.28. The summed E-state index contributed by atoms with van der Waals surface area (Å²) in [5.41, 5.74) is 2.60. The van der Waals surface area contributed by atoms with Crippen molar-refractivity contribution in [3.8, 4) is 5.69 Å². The Bertz CT molecular complexity index is 932. The Kier molecular flexibility index (Phi) is 4.87. The van der Waals surface area contributed by atoms with Crippen LogP contribution < -0.4 is 10.6 Å². The smallest absolute Gasteiger partial charge is 0.253 e. The first kappa shape index (κ1) is 17.6. The Morgan fingerprint density at radius 1 is 1.26 bits per heavy atom. The molecule has 7 nitrogen and oxygen atoms in total. The first-order valence-corrected chi connectivity index (χ1v) is 9.13. The third kappa shape index (κ3) is 3.56. The largest absolute Gasteiger partial charge is 0.376 e. The molecule has 1 aliphatic heterocycles. The quantitative estimate of drug-likeness (QED) is 0.722. The van der Waals surface area contributed by atoms with Crippen molar-refractivity contribution in [3.05, 3.63) is 54.5 Å². The number of aromatic nitrogens is 3. The van der Waals surface area contributed by atoms with Gasteiger partial charge in [-0.1, -0.05) is 18.2 Å². The van der Waals surface area contributed by atoms with Crippen molar-refractivity contribution in [2.45, 2.75) is 18.4 Å². The van der Waals surface area contributed by atoms with Gasteiger partial charge in [0.05, 0.1) is 11.2 Å². The lowest BCUT2D eigenvalue weighted by atomic mass is 9.92. The molecule has 4 rings (SSSR count). The minimum absolute atomic E-state index is 0.159. The van der Waals surface area contributed by atoms with E-state index in [0.717, 1.165) is 37.3 Å². The number of amides is 1. The molecular weight excluding hydrogens is 342 g/mol. The average molecular weight is 365 g/mol. The molecule has 0 aliphatic carbocycles. The molecule has 27 heavy (non-hydrogen) atoms. The molecule has 2 N–H and O–H groups in total. The summed E-state index contributed by atoms with van der Waals surface area (Å²) in [5.74, 6) is -0.159. The molecule has 0 bridgehead atoms. The number of ether oxygens (including phenoxy) is 1. The standard InChI is InChI=1S/C20H23N5O2/c1-27-20(7-9-21-10-8-20)13-23-19(26)15-11-17-18(22-12-15)25(14-24-17)16-5-3-2-4-6-16/h2-6,11-12,14,21H,7-10,13H2,1H3,(H,23,26). The lowest BCUT2D eigenvalue weighted by Crippen LogP contribution is -2.50. The van der Waals surface area contributed by atoms with E-state index in [0.29, 0.717) is 17.6 Å². The van der Waals surface area contributed by atoms with Crippen molar-refractivity contribution in [1.29, 1.82) is 0 Å². The van der Waals surface area contributed by atoms with Crippen molar-refractivity contribution >= 4 is 17.1 Å². The second kappa shape index (κ2) is 7.46. The number of fused-ring (bicyclic) bond motifs is 1. The van der Waals surface area contributed by atoms with Crippen molar-refractivity contribution in [2.24, 2.45) is 0 Å². The zero-order chi connectivity index (χ0) is 18.7. The number of piperidine rings is 1. The maximum absolute atomic E-state index is 12.6. The van der Waals surface area contributed by atoms with Gasteiger partial charge in [-0.3, -0.25) is 9.36 Å². The maximum atomic E-state index is 12.6. The number of nitrogens with one attached hydrogen (secondary N) is 2. The number of para-hydroxylation sites is 1. The molecule has 1 aromatic carbocycles. The van der Waals surface area contributed by atoms with E-state index in [1.807, 2.05) is 34.9 Å². The molecule has 0 atom stereocenters. The second-order valence-corrected chi connectivity index (χ2v) is 6.84. The predicted octanol–water partition coefficient (Wildman–Crippen LogP) is 1.92. The zero-order valence-electron chi connectivity index (χ0n) is 15.3. The van der Waals surface area contributed by atoms with E-state index in [1.54, 1.807) is 25.7 Å². The normalized spacial score (nSPS) is 16.3. The van der Waals surface area contributed by atoms with Crippen LogP contribution in [0, 0.1) is 0 Å². The Hall–Kier alpha value is -2.77. The molecule has 1 fully saturated rings. The maximum Gasteiger partial charge on any atom is 0.253 e. The van der Waals surface area contributed by atoms with Crippen molar-refractivity contribution in [3.63, 3.8) is 0 Å². The number of rotatable bonds is 5. The van der Waals surface area contributed by atoms with Crippen molar-refractivity contribution < 1.29 is 9.53 Å². The second-order valence-electron chi connectivity index (χ2n) is 6.84. The highest BCUT2D eigenvalue weighted by atomic mass is 16.5. The van der Waals surface area contributed by atoms with Gasteiger partial charge in [-0.05, 0) is 44.1 Å². The molecule has 0 spiro atoms. The van der Waals surface area contributed by atoms with Crippen LogP contribution in [-0.4, -0.2) is 52.8 Å². The molecule has 1 saturated heterocycles. The highest BCUT2D eigenvalue weighted by Gasteiger charge is 2.32. The topological polar surface area (TPSA) is 81.1 Å². The molecule has 1 aliphatic rings. The van der Waals surface area contributed by atoms with Gasteiger partial charge in [-0.2, -0.15) is 0 Å². The van der Waals surface area contributed by atoms with Crippen LogP contribution in [0.1, 0.15) is 23.2 Å². The summed E-state index contributed by atoms with van der Waals surface area (Å²) in [6, 6.07) is 11.7. The zero-order valence-corrected chi connectivity index (χ0v) is 15.3. The number of imidazole rings is 1. The predicted molar refractivity (Wildman–Crippen MR) is 103 cm³/mol. The number of hydrogen-bond donors (Lipinski definition) is 2. The van der Waals surface area contributed by atoms with Gasteiger partial charge in [0, 0.05) is 25.5 Å². The van der Waals surface area contributed by atoms with Gasteiger partial charge in [0.25, 0.3) is 5.91 Å². The van der Waals surface area contributed by atoms with E-state index < -0.39 is 0 Å². The van der Waals surface area contributed by atoms with Crippen LogP contribution in [0.3, 0.4) is 0 Å². The van der Waals surface area contributed by atoms with Crippen LogP contribution in [0.25, 0.3) is 16.9 Å². The van der Waals surface area contributed by atoms with E-state index in [2.05, 4.69) is 20.6 Å². The number of methoxy groups -OCH3 is 1. The molecular formula is C20H23N5O2. The third-order valence-corrected chi connectivity index (χ3v) is 5.20. The molecule has 0 radical (unpaired) electrons. The summed E-state index contributed by atoms with van der Waals surface area (Å²) in [6.07, 6.45) is 5.08. The van der Waals surface area contributed by atoms with E-state index in [1.165, 1.54) is 0 Å². The highest BCUT2D eigenvalue weighted by Crippen LogP contribution is 2.22. The van der Waals surface area contributed by atoms with E-state index in [-0.39, 0.29) is 11.5 Å². The molecule has 140 valence electrons. The Morgan fingerprint density at radius 2 is 2.04 bits per heavy atom. The Morgan fingerprint density at radius 3 is 2.78 bits per heavy atom. The van der Waals surface area contributed by atoms with Crippen LogP contribution in [0.2, 0.25) is 0 Å². The summed E-state index contributed by atoms with van der Waals surface area (Å²) < 4.78 is 7.61. The number of pyridine rings is 1. The van der Waals surface area contributed by atoms with Gasteiger partial charge in [0.15, 0.2) is 5.65 Å². The van der Waals surface area contributed by atoms with E-state index in [4.69, 9.17) is 4.74 Å². The number of carbonyl (C=O) groups is 1. The van der Waals surface area contributed by atoms with E-state index in [9.17, 15) is 4.79 Å². The van der Waals surface area contributed by atoms with Crippen LogP contribution in [-0.2, 0) is 4.74 Å². The number of benzene rings is 1. The van der Waals surface area contributed by atoms with Crippen LogP contribution in [0.5, 0.6) is 0 Å². The van der Waals surface area contributed by atoms with Gasteiger partial charge in [0.2, 0.25) is 0 Å². The number of nitrogens with zero attached hydrogens (tertiary/aromatic N) is 3. The number of hydrogen-bond acceptors (Lipinski definition) is 5. The fourth-order valence-electron chi connectivity index (χ4n) is 3.48. The first-order chi connectivity index (χ1) is 13.2. The number of carbonyl (C=O) groups excluding carboxylic acids is 1. The molecule has 7 heteroatoms. The molecule has 3 aromatic rings. The Labute approximate surface area is 157 Å². The summed E-state index contributed by atoms with van der Waals surface area (Å²) in [5, 5.41) is 6.31. The molecule has 0 unspecified atom stereocenters. The monoisotopic (exact) mass is 365 g/mol. The van der Waals surface area contributed by atoms with E-state index >= 15 is 0 Å². The summed E-state index contributed by atoms with van der Waals surface area (Å²) in [4.78, 5) is 21.5. The first-order valence-electron chi connectivity index (χ1n) is 9.13. The van der Waals surface area contributed by atoms with Crippen molar-refractivity contribution in [1.82, 2.24) is 25.2 Å². The molecule has 2 aromatic heterocycles. The van der Waals surface area contributed by atoms with Gasteiger partial charge in [0.1, 0.15) is 11.8 Å². The van der Waals surface area contributed by atoms with Crippen LogP contribution in [0.15, 0.2) is 48.9 Å². The minimum Gasteiger partial charge on any atom is -0.376 e. The fraction of sp³-hybridized carbons (Fsp3) is 0.350. The van der Waals surface area contributed by atoms with Crippen LogP contribution >= 0.6 is 0 Å². The molecule has 0 saturated carbocycles.